The molecule has 1 atom stereocenters. The number of carbonyl (C=O) groups excluding carboxylic acids is 1. The van der Waals surface area contributed by atoms with Crippen molar-refractivity contribution in [2.75, 3.05) is 5.73 Å². The standard InChI is InChI=1S/C15H13Br2FN2O/c1-8(9-2-4-10(16)5-3-9)20-15(21)11-6-14(19)13(18)7-12(11)17/h2-8H,19H2,1H3,(H,20,21)/t8-/m1/s1. The summed E-state index contributed by atoms with van der Waals surface area (Å²) in [4.78, 5) is 12.3. The molecule has 21 heavy (non-hydrogen) atoms. The number of anilines is 1. The maximum absolute atomic E-state index is 13.3. The molecule has 2 rings (SSSR count). The minimum atomic E-state index is -0.556. The van der Waals surface area contributed by atoms with Gasteiger partial charge in [0.25, 0.3) is 5.91 Å². The number of nitrogens with two attached hydrogens (primary N) is 1. The smallest absolute Gasteiger partial charge is 0.252 e. The van der Waals surface area contributed by atoms with Crippen LogP contribution < -0.4 is 11.1 Å². The van der Waals surface area contributed by atoms with Gasteiger partial charge in [-0.15, -0.1) is 0 Å². The average molecular weight is 416 g/mol. The van der Waals surface area contributed by atoms with Crippen LogP contribution in [0.1, 0.15) is 28.9 Å². The van der Waals surface area contributed by atoms with Gasteiger partial charge >= 0.3 is 0 Å². The van der Waals surface area contributed by atoms with Crippen LogP contribution in [-0.2, 0) is 0 Å². The molecule has 0 aromatic heterocycles. The van der Waals surface area contributed by atoms with Gasteiger partial charge in [-0.25, -0.2) is 4.39 Å². The van der Waals surface area contributed by atoms with Crippen LogP contribution in [0.5, 0.6) is 0 Å². The highest BCUT2D eigenvalue weighted by Gasteiger charge is 2.16. The molecule has 0 aliphatic rings. The fourth-order valence-corrected chi connectivity index (χ4v) is 2.61. The normalized spacial score (nSPS) is 12.0. The second-order valence-corrected chi connectivity index (χ2v) is 6.37. The number of benzene rings is 2. The summed E-state index contributed by atoms with van der Waals surface area (Å²) in [7, 11) is 0. The zero-order valence-electron chi connectivity index (χ0n) is 11.2. The zero-order valence-corrected chi connectivity index (χ0v) is 14.3. The van der Waals surface area contributed by atoms with Crippen LogP contribution in [0, 0.1) is 5.82 Å². The Hall–Kier alpha value is -1.40. The zero-order chi connectivity index (χ0) is 15.6. The molecule has 110 valence electrons. The van der Waals surface area contributed by atoms with Crippen LogP contribution >= 0.6 is 31.9 Å². The molecule has 0 aliphatic carbocycles. The second kappa shape index (κ2) is 6.58. The van der Waals surface area contributed by atoms with E-state index in [4.69, 9.17) is 5.73 Å². The molecule has 0 spiro atoms. The summed E-state index contributed by atoms with van der Waals surface area (Å²) in [5, 5.41) is 2.86. The number of hydrogen-bond acceptors (Lipinski definition) is 2. The average Bonchev–Trinajstić information content (AvgIpc) is 2.43. The molecule has 0 fully saturated rings. The Morgan fingerprint density at radius 3 is 2.48 bits per heavy atom. The van der Waals surface area contributed by atoms with Crippen LogP contribution in [0.25, 0.3) is 0 Å². The number of halogens is 3. The Morgan fingerprint density at radius 2 is 1.86 bits per heavy atom. The quantitative estimate of drug-likeness (QED) is 0.728. The van der Waals surface area contributed by atoms with Crippen molar-refractivity contribution in [1.29, 1.82) is 0 Å². The predicted molar refractivity (Wildman–Crippen MR) is 88.5 cm³/mol. The number of rotatable bonds is 3. The molecule has 3 N–H and O–H groups in total. The number of amides is 1. The lowest BCUT2D eigenvalue weighted by molar-refractivity contribution is 0.0939. The van der Waals surface area contributed by atoms with E-state index in [1.807, 2.05) is 31.2 Å². The highest BCUT2D eigenvalue weighted by molar-refractivity contribution is 9.10. The van der Waals surface area contributed by atoms with Gasteiger partial charge in [-0.2, -0.15) is 0 Å². The van der Waals surface area contributed by atoms with Gasteiger partial charge in [-0.3, -0.25) is 4.79 Å². The first-order valence-electron chi connectivity index (χ1n) is 6.19. The maximum atomic E-state index is 13.3. The largest absolute Gasteiger partial charge is 0.396 e. The van der Waals surface area contributed by atoms with Crippen LogP contribution in [0.4, 0.5) is 10.1 Å². The van der Waals surface area contributed by atoms with Gasteiger partial charge in [-0.05, 0) is 52.7 Å². The Bertz CT molecular complexity index is 674. The molecule has 1 amide bonds. The number of hydrogen-bond donors (Lipinski definition) is 2. The molecule has 0 radical (unpaired) electrons. The van der Waals surface area contributed by atoms with Crippen molar-refractivity contribution < 1.29 is 9.18 Å². The van der Waals surface area contributed by atoms with Crippen molar-refractivity contribution in [2.45, 2.75) is 13.0 Å². The van der Waals surface area contributed by atoms with Crippen molar-refractivity contribution in [1.82, 2.24) is 5.32 Å². The van der Waals surface area contributed by atoms with Crippen molar-refractivity contribution in [3.63, 3.8) is 0 Å². The van der Waals surface area contributed by atoms with E-state index in [1.54, 1.807) is 0 Å². The fraction of sp³-hybridized carbons (Fsp3) is 0.133. The van der Waals surface area contributed by atoms with Crippen LogP contribution in [0.15, 0.2) is 45.3 Å². The molecule has 6 heteroatoms. The van der Waals surface area contributed by atoms with E-state index in [-0.39, 0.29) is 17.6 Å². The van der Waals surface area contributed by atoms with Gasteiger partial charge in [0, 0.05) is 8.95 Å². The summed E-state index contributed by atoms with van der Waals surface area (Å²) in [6, 6.07) is 9.99. The van der Waals surface area contributed by atoms with Crippen LogP contribution in [-0.4, -0.2) is 5.91 Å². The van der Waals surface area contributed by atoms with Gasteiger partial charge < -0.3 is 11.1 Å². The van der Waals surface area contributed by atoms with Crippen molar-refractivity contribution in [3.05, 3.63) is 62.3 Å². The molecule has 3 nitrogen and oxygen atoms in total. The highest BCUT2D eigenvalue weighted by atomic mass is 79.9. The summed E-state index contributed by atoms with van der Waals surface area (Å²) in [5.74, 6) is -0.872. The third-order valence-electron chi connectivity index (χ3n) is 3.05. The molecule has 0 bridgehead atoms. The van der Waals surface area contributed by atoms with E-state index < -0.39 is 5.82 Å². The molecule has 0 unspecified atom stereocenters. The Labute approximate surface area is 139 Å². The molecule has 0 heterocycles. The van der Waals surface area contributed by atoms with E-state index in [0.29, 0.717) is 10.0 Å². The van der Waals surface area contributed by atoms with Gasteiger partial charge in [0.15, 0.2) is 0 Å². The second-order valence-electron chi connectivity index (χ2n) is 4.60. The van der Waals surface area contributed by atoms with E-state index >= 15 is 0 Å². The molecule has 0 saturated heterocycles. The van der Waals surface area contributed by atoms with Crippen LogP contribution in [0.3, 0.4) is 0 Å². The number of nitrogens with one attached hydrogen (secondary N) is 1. The molecule has 2 aromatic carbocycles. The first-order chi connectivity index (χ1) is 9.88. The Kier molecular flexibility index (Phi) is 5.00. The SMILES string of the molecule is C[C@@H](NC(=O)c1cc(N)c(F)cc1Br)c1ccc(Br)cc1. The van der Waals surface area contributed by atoms with E-state index in [0.717, 1.165) is 10.0 Å². The Morgan fingerprint density at radius 1 is 1.24 bits per heavy atom. The number of nitrogen functional groups attached to an aromatic ring is 1. The first-order valence-corrected chi connectivity index (χ1v) is 7.78. The third kappa shape index (κ3) is 3.83. The lowest BCUT2D eigenvalue weighted by Gasteiger charge is -2.15. The maximum Gasteiger partial charge on any atom is 0.252 e. The molecule has 0 aliphatic heterocycles. The lowest BCUT2D eigenvalue weighted by atomic mass is 10.1. The minimum absolute atomic E-state index is 0.0559. The molecular formula is C15H13Br2FN2O. The van der Waals surface area contributed by atoms with Crippen molar-refractivity contribution in [3.8, 4) is 0 Å². The molecule has 2 aromatic rings. The minimum Gasteiger partial charge on any atom is -0.396 e. The predicted octanol–water partition coefficient (Wildman–Crippen LogP) is 4.42. The van der Waals surface area contributed by atoms with Gasteiger partial charge in [-0.1, -0.05) is 28.1 Å². The third-order valence-corrected chi connectivity index (χ3v) is 4.23. The van der Waals surface area contributed by atoms with E-state index in [2.05, 4.69) is 37.2 Å². The van der Waals surface area contributed by atoms with Gasteiger partial charge in [0.05, 0.1) is 17.3 Å². The molecular weight excluding hydrogens is 403 g/mol. The Balaban J connectivity index is 2.18. The van der Waals surface area contributed by atoms with Crippen molar-refractivity contribution in [2.24, 2.45) is 0 Å². The summed E-state index contributed by atoms with van der Waals surface area (Å²) >= 11 is 6.54. The van der Waals surface area contributed by atoms with Gasteiger partial charge in [0.2, 0.25) is 0 Å². The summed E-state index contributed by atoms with van der Waals surface area (Å²) < 4.78 is 14.6. The monoisotopic (exact) mass is 414 g/mol. The van der Waals surface area contributed by atoms with Gasteiger partial charge in [0.1, 0.15) is 5.82 Å². The van der Waals surface area contributed by atoms with Crippen molar-refractivity contribution >= 4 is 43.5 Å². The first kappa shape index (κ1) is 16.0. The summed E-state index contributed by atoms with van der Waals surface area (Å²) in [6.07, 6.45) is 0. The van der Waals surface area contributed by atoms with E-state index in [9.17, 15) is 9.18 Å². The lowest BCUT2D eigenvalue weighted by Crippen LogP contribution is -2.27. The molecule has 0 saturated carbocycles. The van der Waals surface area contributed by atoms with E-state index in [1.165, 1.54) is 12.1 Å². The fourth-order valence-electron chi connectivity index (χ4n) is 1.85. The summed E-state index contributed by atoms with van der Waals surface area (Å²) in [5.41, 5.74) is 6.72. The summed E-state index contributed by atoms with van der Waals surface area (Å²) in [6.45, 7) is 1.88. The topological polar surface area (TPSA) is 55.1 Å². The number of carbonyl (C=O) groups is 1. The van der Waals surface area contributed by atoms with Crippen LogP contribution in [0.2, 0.25) is 0 Å². The highest BCUT2D eigenvalue weighted by Crippen LogP contribution is 2.24.